The van der Waals surface area contributed by atoms with Crippen LogP contribution < -0.4 is 0 Å². The third kappa shape index (κ3) is 3.67. The lowest BCUT2D eigenvalue weighted by molar-refractivity contribution is 1.16. The van der Waals surface area contributed by atoms with Gasteiger partial charge in [0.05, 0.1) is 0 Å². The fraction of sp³-hybridized carbons (Fsp3) is 0. The molecule has 0 fully saturated rings. The first-order chi connectivity index (χ1) is 12.9. The second kappa shape index (κ2) is 7.44. The maximum absolute atomic E-state index is 4.25. The van der Waals surface area contributed by atoms with Gasteiger partial charge in [-0.1, -0.05) is 42.5 Å². The minimum absolute atomic E-state index is 0.754. The summed E-state index contributed by atoms with van der Waals surface area (Å²) in [5, 5.41) is 10.8. The molecule has 2 aromatic carbocycles. The summed E-state index contributed by atoms with van der Waals surface area (Å²) in [4.78, 5) is 10.2. The average Bonchev–Trinajstić information content (AvgIpc) is 3.31. The Hall–Kier alpha value is -3.73. The highest BCUT2D eigenvalue weighted by Crippen LogP contribution is 2.24. The number of nitrogens with one attached hydrogen (secondary N) is 2. The molecule has 0 bridgehead atoms. The normalized spacial score (nSPS) is 10.9. The summed E-state index contributed by atoms with van der Waals surface area (Å²) in [5.74, 6) is 1.51. The van der Waals surface area contributed by atoms with E-state index in [4.69, 9.17) is 0 Å². The van der Waals surface area contributed by atoms with Gasteiger partial charge in [-0.3, -0.25) is 4.98 Å². The number of aromatic nitrogens is 3. The number of pyridine rings is 1. The monoisotopic (exact) mass is 339 g/mol. The van der Waals surface area contributed by atoms with Gasteiger partial charge in [0.25, 0.3) is 0 Å². The van der Waals surface area contributed by atoms with E-state index in [1.165, 1.54) is 0 Å². The molecule has 5 heteroatoms. The van der Waals surface area contributed by atoms with Crippen LogP contribution in [0.5, 0.6) is 0 Å². The first-order valence-corrected chi connectivity index (χ1v) is 8.31. The highest BCUT2D eigenvalue weighted by molar-refractivity contribution is 5.84. The molecule has 0 saturated carbocycles. The van der Waals surface area contributed by atoms with E-state index in [2.05, 4.69) is 25.2 Å². The Kier molecular flexibility index (Phi) is 4.52. The number of aromatic amines is 2. The molecular weight excluding hydrogens is 322 g/mol. The van der Waals surface area contributed by atoms with Crippen molar-refractivity contribution in [2.24, 2.45) is 10.2 Å². The molecule has 0 unspecified atom stereocenters. The third-order valence-electron chi connectivity index (χ3n) is 3.86. The molecule has 3 heterocycles. The number of azo groups is 1. The van der Waals surface area contributed by atoms with Gasteiger partial charge in [0.15, 0.2) is 11.6 Å². The van der Waals surface area contributed by atoms with Crippen LogP contribution in [-0.2, 0) is 0 Å². The zero-order chi connectivity index (χ0) is 17.6. The molecule has 0 spiro atoms. The van der Waals surface area contributed by atoms with E-state index in [-0.39, 0.29) is 0 Å². The number of hydrogen-bond acceptors (Lipinski definition) is 3. The number of rotatable bonds is 2. The number of benzene rings is 2. The molecule has 5 aromatic rings. The number of fused-ring (bicyclic) bond motifs is 2. The van der Waals surface area contributed by atoms with Crippen LogP contribution in [0.3, 0.4) is 0 Å². The molecule has 126 valence electrons. The largest absolute Gasteiger partial charge is 0.338 e. The van der Waals surface area contributed by atoms with Crippen molar-refractivity contribution < 1.29 is 0 Å². The molecule has 0 aliphatic heterocycles. The van der Waals surface area contributed by atoms with Crippen LogP contribution in [0.15, 0.2) is 101 Å². The molecule has 0 aliphatic rings. The van der Waals surface area contributed by atoms with E-state index in [1.54, 1.807) is 12.4 Å². The van der Waals surface area contributed by atoms with E-state index in [0.29, 0.717) is 0 Å². The van der Waals surface area contributed by atoms with E-state index in [9.17, 15) is 0 Å². The zero-order valence-corrected chi connectivity index (χ0v) is 14.0. The smallest absolute Gasteiger partial charge is 0.153 e. The Morgan fingerprint density at radius 3 is 1.46 bits per heavy atom. The van der Waals surface area contributed by atoms with Gasteiger partial charge in [0.1, 0.15) is 0 Å². The van der Waals surface area contributed by atoms with Crippen LogP contribution in [0.4, 0.5) is 11.6 Å². The van der Waals surface area contributed by atoms with E-state index in [1.807, 2.05) is 78.9 Å². The fourth-order valence-electron chi connectivity index (χ4n) is 2.64. The Labute approximate surface area is 150 Å². The molecule has 0 saturated heterocycles. The van der Waals surface area contributed by atoms with Crippen molar-refractivity contribution in [3.8, 4) is 0 Å². The van der Waals surface area contributed by atoms with Crippen molar-refractivity contribution in [2.75, 3.05) is 0 Å². The molecular formula is C21H17N5. The summed E-state index contributed by atoms with van der Waals surface area (Å²) in [6, 6.07) is 25.9. The number of nitrogens with zero attached hydrogens (tertiary/aromatic N) is 3. The lowest BCUT2D eigenvalue weighted by Crippen LogP contribution is -1.65. The van der Waals surface area contributed by atoms with Crippen LogP contribution in [0.2, 0.25) is 0 Å². The summed E-state index contributed by atoms with van der Waals surface area (Å²) in [6.45, 7) is 0. The van der Waals surface area contributed by atoms with Gasteiger partial charge in [-0.05, 0) is 36.4 Å². The Morgan fingerprint density at radius 1 is 0.577 bits per heavy atom. The summed E-state index contributed by atoms with van der Waals surface area (Å²) in [5.41, 5.74) is 2.14. The molecule has 3 aromatic heterocycles. The predicted octanol–water partition coefficient (Wildman–Crippen LogP) is 6.15. The first-order valence-electron chi connectivity index (χ1n) is 8.31. The number of para-hydroxylation sites is 2. The second-order valence-corrected chi connectivity index (χ2v) is 5.71. The molecule has 0 aliphatic carbocycles. The van der Waals surface area contributed by atoms with Gasteiger partial charge in [0, 0.05) is 34.2 Å². The van der Waals surface area contributed by atoms with Crippen molar-refractivity contribution in [1.82, 2.24) is 15.0 Å². The number of hydrogen-bond donors (Lipinski definition) is 2. The topological polar surface area (TPSA) is 69.2 Å². The minimum Gasteiger partial charge on any atom is -0.338 e. The summed E-state index contributed by atoms with van der Waals surface area (Å²) in [7, 11) is 0. The van der Waals surface area contributed by atoms with Gasteiger partial charge in [-0.15, -0.1) is 10.2 Å². The summed E-state index contributed by atoms with van der Waals surface area (Å²) in [6.07, 6.45) is 3.50. The second-order valence-electron chi connectivity index (χ2n) is 5.71. The summed E-state index contributed by atoms with van der Waals surface area (Å²) >= 11 is 0. The van der Waals surface area contributed by atoms with Crippen LogP contribution >= 0.6 is 0 Å². The van der Waals surface area contributed by atoms with Gasteiger partial charge >= 0.3 is 0 Å². The Morgan fingerprint density at radius 2 is 1.08 bits per heavy atom. The third-order valence-corrected chi connectivity index (χ3v) is 3.86. The molecule has 26 heavy (non-hydrogen) atoms. The van der Waals surface area contributed by atoms with Gasteiger partial charge in [0.2, 0.25) is 0 Å². The molecule has 0 amide bonds. The van der Waals surface area contributed by atoms with E-state index in [0.717, 1.165) is 33.4 Å². The average molecular weight is 339 g/mol. The van der Waals surface area contributed by atoms with Crippen LogP contribution in [0.25, 0.3) is 21.8 Å². The molecule has 5 nitrogen and oxygen atoms in total. The zero-order valence-electron chi connectivity index (χ0n) is 14.0. The minimum atomic E-state index is 0.754. The van der Waals surface area contributed by atoms with E-state index < -0.39 is 0 Å². The Bertz CT molecular complexity index is 970. The van der Waals surface area contributed by atoms with Gasteiger partial charge in [-0.25, -0.2) is 0 Å². The maximum Gasteiger partial charge on any atom is 0.153 e. The van der Waals surface area contributed by atoms with Crippen LogP contribution in [0, 0.1) is 0 Å². The van der Waals surface area contributed by atoms with Gasteiger partial charge < -0.3 is 9.97 Å². The lowest BCUT2D eigenvalue weighted by atomic mass is 10.2. The summed E-state index contributed by atoms with van der Waals surface area (Å²) < 4.78 is 0. The van der Waals surface area contributed by atoms with Crippen molar-refractivity contribution in [1.29, 1.82) is 0 Å². The Balaban J connectivity index is 0.000000240. The van der Waals surface area contributed by atoms with E-state index >= 15 is 0 Å². The highest BCUT2D eigenvalue weighted by atomic mass is 15.2. The predicted molar refractivity (Wildman–Crippen MR) is 105 cm³/mol. The first kappa shape index (κ1) is 15.8. The SMILES string of the molecule is c1ccc2[nH]c(N=Nc3cc4ccccc4[nH]3)cc2c1.c1ccncc1. The van der Waals surface area contributed by atoms with Crippen molar-refractivity contribution in [3.63, 3.8) is 0 Å². The molecule has 5 rings (SSSR count). The van der Waals surface area contributed by atoms with Crippen LogP contribution in [-0.4, -0.2) is 15.0 Å². The van der Waals surface area contributed by atoms with Crippen molar-refractivity contribution in [2.45, 2.75) is 0 Å². The van der Waals surface area contributed by atoms with Gasteiger partial charge in [-0.2, -0.15) is 0 Å². The standard InChI is InChI=1S/C16H12N4.C5H5N/c1-3-7-13-11(5-1)9-15(17-13)19-20-16-10-12-6-2-4-8-14(12)18-16;1-2-4-6-5-3-1/h1-10,17-18H;1-5H. The maximum atomic E-state index is 4.25. The molecule has 2 N–H and O–H groups in total. The fourth-order valence-corrected chi connectivity index (χ4v) is 2.64. The molecule has 0 atom stereocenters. The number of H-pyrrole nitrogens is 2. The van der Waals surface area contributed by atoms with Crippen molar-refractivity contribution in [3.05, 3.63) is 91.3 Å². The molecule has 0 radical (unpaired) electrons. The highest BCUT2D eigenvalue weighted by Gasteiger charge is 2.00. The quantitative estimate of drug-likeness (QED) is 0.372. The van der Waals surface area contributed by atoms with Crippen LogP contribution in [0.1, 0.15) is 0 Å². The van der Waals surface area contributed by atoms with Crippen molar-refractivity contribution >= 4 is 33.4 Å². The lowest BCUT2D eigenvalue weighted by Gasteiger charge is -1.85.